The minimum atomic E-state index is -3.60. The molecule has 1 aliphatic rings. The van der Waals surface area contributed by atoms with E-state index in [1.165, 1.54) is 0 Å². The maximum Gasteiger partial charge on any atom is 0.241 e. The molecule has 2 aromatic rings. The number of hydrogen-bond donors (Lipinski definition) is 1. The minimum Gasteiger partial charge on any atom is -0.354 e. The monoisotopic (exact) mass is 402 g/mol. The molecule has 1 N–H and O–H groups in total. The largest absolute Gasteiger partial charge is 0.354 e. The summed E-state index contributed by atoms with van der Waals surface area (Å²) in [6.07, 6.45) is 1.75. The Balaban J connectivity index is 1.78. The molecule has 0 aliphatic carbocycles. The number of rotatable bonds is 5. The fourth-order valence-electron chi connectivity index (χ4n) is 3.61. The quantitative estimate of drug-likeness (QED) is 0.833. The van der Waals surface area contributed by atoms with Gasteiger partial charge in [0, 0.05) is 38.9 Å². The third kappa shape index (κ3) is 4.37. The van der Waals surface area contributed by atoms with Crippen molar-refractivity contribution < 1.29 is 8.42 Å². The second-order valence-corrected chi connectivity index (χ2v) is 9.43. The Hall–Kier alpha value is -1.96. The fourth-order valence-corrected chi connectivity index (χ4v) is 5.24. The lowest BCUT2D eigenvalue weighted by Crippen LogP contribution is -2.44. The van der Waals surface area contributed by atoms with Crippen molar-refractivity contribution in [2.45, 2.75) is 39.1 Å². The molecule has 0 unspecified atom stereocenters. The van der Waals surface area contributed by atoms with Crippen LogP contribution in [0.4, 0.5) is 5.82 Å². The summed E-state index contributed by atoms with van der Waals surface area (Å²) < 4.78 is 28.8. The zero-order chi connectivity index (χ0) is 20.5. The summed E-state index contributed by atoms with van der Waals surface area (Å²) in [7, 11) is -1.48. The van der Waals surface area contributed by atoms with Gasteiger partial charge in [-0.15, -0.1) is 0 Å². The molecule has 0 radical (unpaired) electrons. The van der Waals surface area contributed by atoms with Crippen LogP contribution in [-0.4, -0.2) is 51.5 Å². The van der Waals surface area contributed by atoms with Gasteiger partial charge in [0.05, 0.1) is 4.90 Å². The number of sulfonamides is 1. The first-order chi connectivity index (χ1) is 13.2. The van der Waals surface area contributed by atoms with Crippen LogP contribution in [0.5, 0.6) is 0 Å². The molecule has 28 heavy (non-hydrogen) atoms. The van der Waals surface area contributed by atoms with Gasteiger partial charge < -0.3 is 9.80 Å². The lowest BCUT2D eigenvalue weighted by Gasteiger charge is -2.33. The average Bonchev–Trinajstić information content (AvgIpc) is 2.66. The highest BCUT2D eigenvalue weighted by molar-refractivity contribution is 7.89. The SMILES string of the molecule is Cc1cc(C)c(C)c(S(=O)(=O)NCc2ccnc(N3CCN(C)CC3)c2)c1C. The van der Waals surface area contributed by atoms with E-state index >= 15 is 0 Å². The summed E-state index contributed by atoms with van der Waals surface area (Å²) in [4.78, 5) is 9.41. The molecular formula is C21H30N4O2S. The molecule has 152 valence electrons. The second-order valence-electron chi connectivity index (χ2n) is 7.73. The van der Waals surface area contributed by atoms with Crippen molar-refractivity contribution in [2.24, 2.45) is 0 Å². The van der Waals surface area contributed by atoms with Crippen LogP contribution in [0.3, 0.4) is 0 Å². The molecule has 0 bridgehead atoms. The maximum absolute atomic E-state index is 13.0. The Kier molecular flexibility index (Phi) is 6.07. The van der Waals surface area contributed by atoms with E-state index < -0.39 is 10.0 Å². The van der Waals surface area contributed by atoms with E-state index in [1.807, 2.05) is 45.9 Å². The number of aryl methyl sites for hydroxylation is 2. The molecule has 6 nitrogen and oxygen atoms in total. The van der Waals surface area contributed by atoms with Gasteiger partial charge in [0.1, 0.15) is 5.82 Å². The molecule has 1 saturated heterocycles. The maximum atomic E-state index is 13.0. The standard InChI is InChI=1S/C21H30N4O2S/c1-15-12-16(2)18(4)21(17(15)3)28(26,27)23-14-19-6-7-22-20(13-19)25-10-8-24(5)9-11-25/h6-7,12-13,23H,8-11,14H2,1-5H3. The zero-order valence-electron chi connectivity index (χ0n) is 17.4. The lowest BCUT2D eigenvalue weighted by molar-refractivity contribution is 0.312. The van der Waals surface area contributed by atoms with E-state index in [1.54, 1.807) is 6.20 Å². The molecule has 7 heteroatoms. The number of anilines is 1. The van der Waals surface area contributed by atoms with Crippen LogP contribution < -0.4 is 9.62 Å². The zero-order valence-corrected chi connectivity index (χ0v) is 18.2. The minimum absolute atomic E-state index is 0.247. The van der Waals surface area contributed by atoms with Crippen LogP contribution in [-0.2, 0) is 16.6 Å². The van der Waals surface area contributed by atoms with Crippen molar-refractivity contribution in [2.75, 3.05) is 38.1 Å². The van der Waals surface area contributed by atoms with Crippen molar-refractivity contribution in [3.8, 4) is 0 Å². The highest BCUT2D eigenvalue weighted by Gasteiger charge is 2.22. The highest BCUT2D eigenvalue weighted by Crippen LogP contribution is 2.26. The van der Waals surface area contributed by atoms with E-state index in [4.69, 9.17) is 0 Å². The summed E-state index contributed by atoms with van der Waals surface area (Å²) in [5.41, 5.74) is 4.51. The second kappa shape index (κ2) is 8.19. The summed E-state index contributed by atoms with van der Waals surface area (Å²) in [5, 5.41) is 0. The Morgan fingerprint density at radius 3 is 2.21 bits per heavy atom. The van der Waals surface area contributed by atoms with Crippen LogP contribution in [0.1, 0.15) is 27.8 Å². The Bertz CT molecular complexity index is 938. The third-order valence-electron chi connectivity index (χ3n) is 5.67. The molecule has 2 heterocycles. The van der Waals surface area contributed by atoms with E-state index in [2.05, 4.69) is 26.6 Å². The van der Waals surface area contributed by atoms with Gasteiger partial charge in [0.15, 0.2) is 0 Å². The molecule has 1 aromatic carbocycles. The van der Waals surface area contributed by atoms with Crippen LogP contribution in [0.2, 0.25) is 0 Å². The van der Waals surface area contributed by atoms with E-state index in [0.717, 1.165) is 59.8 Å². The van der Waals surface area contributed by atoms with Crippen molar-refractivity contribution in [1.82, 2.24) is 14.6 Å². The highest BCUT2D eigenvalue weighted by atomic mass is 32.2. The third-order valence-corrected chi connectivity index (χ3v) is 7.34. The van der Waals surface area contributed by atoms with Gasteiger partial charge in [-0.25, -0.2) is 18.1 Å². The van der Waals surface area contributed by atoms with Gasteiger partial charge in [-0.2, -0.15) is 0 Å². The molecule has 0 atom stereocenters. The molecule has 1 fully saturated rings. The van der Waals surface area contributed by atoms with E-state index in [-0.39, 0.29) is 6.54 Å². The summed E-state index contributed by atoms with van der Waals surface area (Å²) in [6.45, 7) is 11.8. The first-order valence-electron chi connectivity index (χ1n) is 9.64. The first kappa shape index (κ1) is 20.8. The van der Waals surface area contributed by atoms with E-state index in [9.17, 15) is 8.42 Å². The topological polar surface area (TPSA) is 65.5 Å². The van der Waals surface area contributed by atoms with Gasteiger partial charge in [0.2, 0.25) is 10.0 Å². The van der Waals surface area contributed by atoms with Crippen molar-refractivity contribution in [3.05, 3.63) is 52.2 Å². The number of benzene rings is 1. The van der Waals surface area contributed by atoms with Gasteiger partial charge in [-0.3, -0.25) is 0 Å². The van der Waals surface area contributed by atoms with Crippen LogP contribution in [0, 0.1) is 27.7 Å². The van der Waals surface area contributed by atoms with Gasteiger partial charge in [-0.05, 0) is 74.7 Å². The number of piperazine rings is 1. The summed E-state index contributed by atoms with van der Waals surface area (Å²) in [5.74, 6) is 0.906. The van der Waals surface area contributed by atoms with Gasteiger partial charge >= 0.3 is 0 Å². The van der Waals surface area contributed by atoms with Gasteiger partial charge in [0.25, 0.3) is 0 Å². The fraction of sp³-hybridized carbons (Fsp3) is 0.476. The Morgan fingerprint density at radius 2 is 1.61 bits per heavy atom. The van der Waals surface area contributed by atoms with Crippen molar-refractivity contribution in [1.29, 1.82) is 0 Å². The number of nitrogens with zero attached hydrogens (tertiary/aromatic N) is 3. The predicted octanol–water partition coefficient (Wildman–Crippen LogP) is 2.55. The lowest BCUT2D eigenvalue weighted by atomic mass is 10.0. The molecule has 1 aliphatic heterocycles. The van der Waals surface area contributed by atoms with Gasteiger partial charge in [-0.1, -0.05) is 6.07 Å². The molecule has 1 aromatic heterocycles. The predicted molar refractivity (Wildman–Crippen MR) is 113 cm³/mol. The van der Waals surface area contributed by atoms with Crippen LogP contribution >= 0.6 is 0 Å². The average molecular weight is 403 g/mol. The normalized spacial score (nSPS) is 15.8. The molecule has 0 saturated carbocycles. The Labute approximate surface area is 168 Å². The smallest absolute Gasteiger partial charge is 0.241 e. The number of likely N-dealkylation sites (N-methyl/N-ethyl adjacent to an activating group) is 1. The number of hydrogen-bond acceptors (Lipinski definition) is 5. The molecule has 0 spiro atoms. The molecule has 3 rings (SSSR count). The Morgan fingerprint density at radius 1 is 1.00 bits per heavy atom. The van der Waals surface area contributed by atoms with E-state index in [0.29, 0.717) is 4.90 Å². The molecular weight excluding hydrogens is 372 g/mol. The number of pyridine rings is 1. The number of aromatic nitrogens is 1. The first-order valence-corrected chi connectivity index (χ1v) is 11.1. The van der Waals surface area contributed by atoms with Crippen LogP contribution in [0.25, 0.3) is 0 Å². The number of nitrogens with one attached hydrogen (secondary N) is 1. The summed E-state index contributed by atoms with van der Waals surface area (Å²) >= 11 is 0. The molecule has 0 amide bonds. The van der Waals surface area contributed by atoms with Crippen molar-refractivity contribution in [3.63, 3.8) is 0 Å². The van der Waals surface area contributed by atoms with Crippen LogP contribution in [0.15, 0.2) is 29.3 Å². The summed E-state index contributed by atoms with van der Waals surface area (Å²) in [6, 6.07) is 5.88. The van der Waals surface area contributed by atoms with Crippen molar-refractivity contribution >= 4 is 15.8 Å².